The molecule has 1 aromatic carbocycles. The van der Waals surface area contributed by atoms with Crippen LogP contribution in [0.3, 0.4) is 0 Å². The number of anilines is 2. The first kappa shape index (κ1) is 14.1. The molecule has 0 aliphatic heterocycles. The Morgan fingerprint density at radius 2 is 2.15 bits per heavy atom. The van der Waals surface area contributed by atoms with Crippen molar-refractivity contribution in [2.24, 2.45) is 0 Å². The van der Waals surface area contributed by atoms with Crippen molar-refractivity contribution in [1.29, 1.82) is 0 Å². The van der Waals surface area contributed by atoms with E-state index in [9.17, 15) is 9.59 Å². The third-order valence-electron chi connectivity index (χ3n) is 2.64. The molecule has 6 nitrogen and oxygen atoms in total. The number of carbonyl (C=O) groups excluding carboxylic acids is 1. The Kier molecular flexibility index (Phi) is 4.37. The summed E-state index contributed by atoms with van der Waals surface area (Å²) in [6.45, 7) is 0.199. The summed E-state index contributed by atoms with van der Waals surface area (Å²) in [6.07, 6.45) is 2.84. The van der Waals surface area contributed by atoms with Crippen LogP contribution in [0.2, 0.25) is 5.02 Å². The first-order valence-corrected chi connectivity index (χ1v) is 6.30. The van der Waals surface area contributed by atoms with Crippen LogP contribution in [0.15, 0.2) is 41.5 Å². The van der Waals surface area contributed by atoms with Gasteiger partial charge >= 0.3 is 5.69 Å². The van der Waals surface area contributed by atoms with Crippen LogP contribution in [0.4, 0.5) is 11.4 Å². The molecule has 2 aromatic rings. The highest BCUT2D eigenvalue weighted by Crippen LogP contribution is 2.16. The fourth-order valence-corrected chi connectivity index (χ4v) is 1.80. The van der Waals surface area contributed by atoms with E-state index in [4.69, 9.17) is 17.3 Å². The van der Waals surface area contributed by atoms with Gasteiger partial charge in [-0.2, -0.15) is 0 Å². The lowest BCUT2D eigenvalue weighted by molar-refractivity contribution is -0.116. The summed E-state index contributed by atoms with van der Waals surface area (Å²) in [5.74, 6) is -0.241. The van der Waals surface area contributed by atoms with Crippen LogP contribution in [-0.4, -0.2) is 15.5 Å². The summed E-state index contributed by atoms with van der Waals surface area (Å²) in [6, 6.07) is 6.96. The van der Waals surface area contributed by atoms with E-state index < -0.39 is 5.69 Å². The minimum atomic E-state index is -0.443. The van der Waals surface area contributed by atoms with Crippen LogP contribution in [0.25, 0.3) is 0 Å². The normalized spacial score (nSPS) is 10.2. The monoisotopic (exact) mass is 292 g/mol. The van der Waals surface area contributed by atoms with Gasteiger partial charge in [-0.25, -0.2) is 9.78 Å². The smallest absolute Gasteiger partial charge is 0.347 e. The number of halogens is 1. The zero-order chi connectivity index (χ0) is 14.5. The number of hydrogen-bond acceptors (Lipinski definition) is 4. The molecule has 0 bridgehead atoms. The van der Waals surface area contributed by atoms with Gasteiger partial charge in [-0.05, 0) is 12.1 Å². The maximum Gasteiger partial charge on any atom is 0.347 e. The van der Waals surface area contributed by atoms with Gasteiger partial charge < -0.3 is 11.1 Å². The summed E-state index contributed by atoms with van der Waals surface area (Å²) in [5.41, 5.74) is 6.32. The molecular formula is C13H13ClN4O2. The molecule has 104 valence electrons. The number of nitrogens with two attached hydrogens (primary N) is 1. The molecule has 0 aliphatic carbocycles. The highest BCUT2D eigenvalue weighted by atomic mass is 35.5. The third kappa shape index (κ3) is 3.58. The molecule has 3 N–H and O–H groups in total. The Hall–Kier alpha value is -2.34. The van der Waals surface area contributed by atoms with Crippen molar-refractivity contribution in [3.8, 4) is 0 Å². The van der Waals surface area contributed by atoms with Crippen molar-refractivity contribution in [2.45, 2.75) is 13.0 Å². The molecule has 20 heavy (non-hydrogen) atoms. The second kappa shape index (κ2) is 6.21. The van der Waals surface area contributed by atoms with Gasteiger partial charge in [0.15, 0.2) is 0 Å². The Morgan fingerprint density at radius 1 is 1.40 bits per heavy atom. The van der Waals surface area contributed by atoms with Gasteiger partial charge in [0.05, 0.1) is 22.6 Å². The highest BCUT2D eigenvalue weighted by molar-refractivity contribution is 6.30. The second-order valence-electron chi connectivity index (χ2n) is 4.13. The van der Waals surface area contributed by atoms with Gasteiger partial charge in [-0.15, -0.1) is 0 Å². The van der Waals surface area contributed by atoms with Crippen LogP contribution < -0.4 is 16.7 Å². The lowest BCUT2D eigenvalue weighted by atomic mass is 10.2. The Morgan fingerprint density at radius 3 is 2.90 bits per heavy atom. The zero-order valence-electron chi connectivity index (χ0n) is 10.5. The first-order chi connectivity index (χ1) is 9.56. The van der Waals surface area contributed by atoms with Crippen molar-refractivity contribution in [1.82, 2.24) is 9.55 Å². The van der Waals surface area contributed by atoms with E-state index in [-0.39, 0.29) is 18.9 Å². The molecule has 0 unspecified atom stereocenters. The molecule has 0 atom stereocenters. The highest BCUT2D eigenvalue weighted by Gasteiger charge is 2.06. The number of hydrogen-bond donors (Lipinski definition) is 2. The van der Waals surface area contributed by atoms with E-state index in [1.165, 1.54) is 17.0 Å². The van der Waals surface area contributed by atoms with Gasteiger partial charge in [0.2, 0.25) is 5.91 Å². The van der Waals surface area contributed by atoms with Crippen LogP contribution in [0.1, 0.15) is 6.42 Å². The number of nitrogen functional groups attached to an aromatic ring is 1. The predicted molar refractivity (Wildman–Crippen MR) is 77.6 cm³/mol. The number of para-hydroxylation sites is 2. The van der Waals surface area contributed by atoms with E-state index >= 15 is 0 Å². The summed E-state index contributed by atoms with van der Waals surface area (Å²) in [5, 5.41) is 3.03. The topological polar surface area (TPSA) is 90.0 Å². The van der Waals surface area contributed by atoms with E-state index in [1.807, 2.05) is 0 Å². The summed E-state index contributed by atoms with van der Waals surface area (Å²) in [7, 11) is 0. The second-order valence-corrected chi connectivity index (χ2v) is 4.57. The molecule has 0 saturated heterocycles. The number of benzene rings is 1. The molecule has 1 heterocycles. The van der Waals surface area contributed by atoms with Crippen molar-refractivity contribution in [2.75, 3.05) is 11.1 Å². The van der Waals surface area contributed by atoms with Gasteiger partial charge in [0, 0.05) is 19.2 Å². The molecule has 0 radical (unpaired) electrons. The number of nitrogens with zero attached hydrogens (tertiary/aromatic N) is 2. The van der Waals surface area contributed by atoms with Crippen LogP contribution in [0, 0.1) is 0 Å². The predicted octanol–water partition coefficient (Wildman–Crippen LogP) is 1.51. The summed E-state index contributed by atoms with van der Waals surface area (Å²) >= 11 is 5.74. The quantitative estimate of drug-likeness (QED) is 0.836. The van der Waals surface area contributed by atoms with E-state index in [1.54, 1.807) is 24.3 Å². The first-order valence-electron chi connectivity index (χ1n) is 5.92. The zero-order valence-corrected chi connectivity index (χ0v) is 11.3. The molecule has 7 heteroatoms. The van der Waals surface area contributed by atoms with E-state index in [2.05, 4.69) is 10.3 Å². The van der Waals surface area contributed by atoms with Gasteiger partial charge in [0.1, 0.15) is 0 Å². The molecular weight excluding hydrogens is 280 g/mol. The fraction of sp³-hybridized carbons (Fsp3) is 0.154. The van der Waals surface area contributed by atoms with Gasteiger partial charge in [-0.1, -0.05) is 23.7 Å². The van der Waals surface area contributed by atoms with Crippen molar-refractivity contribution < 1.29 is 4.79 Å². The number of rotatable bonds is 4. The molecule has 1 aromatic heterocycles. The van der Waals surface area contributed by atoms with E-state index in [0.717, 1.165) is 0 Å². The average molecular weight is 293 g/mol. The maximum absolute atomic E-state index is 11.8. The van der Waals surface area contributed by atoms with Crippen LogP contribution >= 0.6 is 11.6 Å². The van der Waals surface area contributed by atoms with Gasteiger partial charge in [0.25, 0.3) is 0 Å². The molecule has 2 rings (SSSR count). The van der Waals surface area contributed by atoms with Crippen LogP contribution in [-0.2, 0) is 11.3 Å². The fourth-order valence-electron chi connectivity index (χ4n) is 1.63. The molecule has 1 amide bonds. The maximum atomic E-state index is 11.8. The minimum absolute atomic E-state index is 0.121. The standard InChI is InChI=1S/C13H13ClN4O2/c14-9-7-16-13(20)18(8-9)6-5-12(19)17-11-4-2-1-3-10(11)15/h1-4,7-8H,5-6,15H2,(H,17,19). The number of carbonyl (C=O) groups is 1. The number of amides is 1. The lowest BCUT2D eigenvalue weighted by Crippen LogP contribution is -2.24. The van der Waals surface area contributed by atoms with Gasteiger partial charge in [-0.3, -0.25) is 9.36 Å². The van der Waals surface area contributed by atoms with Crippen molar-refractivity contribution in [3.05, 3.63) is 52.2 Å². The summed E-state index contributed by atoms with van der Waals surface area (Å²) < 4.78 is 1.29. The van der Waals surface area contributed by atoms with Crippen molar-refractivity contribution in [3.63, 3.8) is 0 Å². The lowest BCUT2D eigenvalue weighted by Gasteiger charge is -2.08. The molecule has 0 spiro atoms. The number of aromatic nitrogens is 2. The Balaban J connectivity index is 1.98. The SMILES string of the molecule is Nc1ccccc1NC(=O)CCn1cc(Cl)cnc1=O. The third-order valence-corrected chi connectivity index (χ3v) is 2.83. The minimum Gasteiger partial charge on any atom is -0.397 e. The Labute approximate surface area is 120 Å². The number of nitrogens with one attached hydrogen (secondary N) is 1. The van der Waals surface area contributed by atoms with E-state index in [0.29, 0.717) is 16.4 Å². The van der Waals surface area contributed by atoms with Crippen LogP contribution in [0.5, 0.6) is 0 Å². The Bertz CT molecular complexity index is 684. The largest absolute Gasteiger partial charge is 0.397 e. The average Bonchev–Trinajstić information content (AvgIpc) is 2.42. The number of aryl methyl sites for hydroxylation is 1. The molecule has 0 saturated carbocycles. The summed E-state index contributed by atoms with van der Waals surface area (Å²) in [4.78, 5) is 26.8. The molecule has 0 fully saturated rings. The van der Waals surface area contributed by atoms with Crippen molar-refractivity contribution >= 4 is 28.9 Å². The molecule has 0 aliphatic rings.